The number of likely N-dealkylation sites (N-methyl/N-ethyl adjacent to an activating group) is 1. The van der Waals surface area contributed by atoms with E-state index in [1.54, 1.807) is 0 Å². The molecule has 1 saturated heterocycles. The third kappa shape index (κ3) is 3.06. The third-order valence-electron chi connectivity index (χ3n) is 5.95. The summed E-state index contributed by atoms with van der Waals surface area (Å²) in [4.78, 5) is 29.7. The second-order valence-electron chi connectivity index (χ2n) is 7.47. The number of anilines is 1. The number of ether oxygens (including phenoxy) is 1. The highest BCUT2D eigenvalue weighted by Gasteiger charge is 2.38. The predicted octanol–water partition coefficient (Wildman–Crippen LogP) is 2.28. The van der Waals surface area contributed by atoms with Crippen LogP contribution in [0.3, 0.4) is 0 Å². The molecule has 2 atom stereocenters. The molecule has 2 aliphatic heterocycles. The Hall–Kier alpha value is -1.88. The minimum atomic E-state index is -0.111. The zero-order valence-electron chi connectivity index (χ0n) is 14.9. The van der Waals surface area contributed by atoms with Gasteiger partial charge in [0.05, 0.1) is 19.3 Å². The molecule has 5 heteroatoms. The maximum Gasteiger partial charge on any atom is 0.254 e. The third-order valence-corrected chi connectivity index (χ3v) is 5.95. The average molecular weight is 342 g/mol. The molecular weight excluding hydrogens is 316 g/mol. The number of ketones is 1. The van der Waals surface area contributed by atoms with Gasteiger partial charge in [0.2, 0.25) is 0 Å². The summed E-state index contributed by atoms with van der Waals surface area (Å²) >= 11 is 0. The average Bonchev–Trinajstić information content (AvgIpc) is 3.02. The molecule has 1 aliphatic carbocycles. The lowest BCUT2D eigenvalue weighted by Gasteiger charge is -2.41. The van der Waals surface area contributed by atoms with E-state index in [0.717, 1.165) is 43.5 Å². The van der Waals surface area contributed by atoms with Crippen molar-refractivity contribution in [2.24, 2.45) is 5.92 Å². The largest absolute Gasteiger partial charge is 0.377 e. The Morgan fingerprint density at radius 2 is 2.08 bits per heavy atom. The highest BCUT2D eigenvalue weighted by atomic mass is 16.5. The number of nitrogens with zero attached hydrogens (tertiary/aromatic N) is 2. The van der Waals surface area contributed by atoms with Crippen molar-refractivity contribution in [3.05, 3.63) is 29.3 Å². The topological polar surface area (TPSA) is 49.9 Å². The fraction of sp³-hybridized carbons (Fsp3) is 0.600. The van der Waals surface area contributed by atoms with Gasteiger partial charge in [0, 0.05) is 43.7 Å². The zero-order chi connectivity index (χ0) is 17.4. The van der Waals surface area contributed by atoms with E-state index in [-0.39, 0.29) is 17.9 Å². The van der Waals surface area contributed by atoms with E-state index in [1.807, 2.05) is 17.0 Å². The van der Waals surface area contributed by atoms with Crippen molar-refractivity contribution in [2.75, 3.05) is 38.3 Å². The van der Waals surface area contributed by atoms with Gasteiger partial charge in [-0.25, -0.2) is 0 Å². The number of hydrogen-bond acceptors (Lipinski definition) is 4. The minimum Gasteiger partial charge on any atom is -0.377 e. The van der Waals surface area contributed by atoms with Crippen molar-refractivity contribution < 1.29 is 14.3 Å². The van der Waals surface area contributed by atoms with Crippen LogP contribution < -0.4 is 4.90 Å². The normalized spacial score (nSPS) is 26.7. The number of rotatable bonds is 2. The lowest BCUT2D eigenvalue weighted by Crippen LogP contribution is -2.54. The molecule has 0 radical (unpaired) electrons. The first-order valence-electron chi connectivity index (χ1n) is 9.40. The van der Waals surface area contributed by atoms with Crippen LogP contribution in [0.4, 0.5) is 5.69 Å². The summed E-state index contributed by atoms with van der Waals surface area (Å²) in [5, 5.41) is 0. The number of amides is 1. The molecule has 1 amide bonds. The fourth-order valence-corrected chi connectivity index (χ4v) is 4.46. The van der Waals surface area contributed by atoms with Crippen LogP contribution in [0.2, 0.25) is 0 Å². The minimum absolute atomic E-state index is 0.0368. The summed E-state index contributed by atoms with van der Waals surface area (Å²) in [6, 6.07) is 5.92. The molecule has 0 spiro atoms. The van der Waals surface area contributed by atoms with Gasteiger partial charge in [-0.15, -0.1) is 0 Å². The smallest absolute Gasteiger partial charge is 0.254 e. The Morgan fingerprint density at radius 1 is 1.20 bits per heavy atom. The van der Waals surface area contributed by atoms with Crippen LogP contribution in [0.5, 0.6) is 0 Å². The number of carbonyl (C=O) groups is 2. The van der Waals surface area contributed by atoms with Gasteiger partial charge in [-0.05, 0) is 37.0 Å². The summed E-state index contributed by atoms with van der Waals surface area (Å²) in [5.74, 6) is 0.276. The van der Waals surface area contributed by atoms with Crippen LogP contribution in [-0.2, 0) is 16.0 Å². The summed E-state index contributed by atoms with van der Waals surface area (Å²) < 4.78 is 5.64. The van der Waals surface area contributed by atoms with Gasteiger partial charge >= 0.3 is 0 Å². The van der Waals surface area contributed by atoms with Gasteiger partial charge in [0.15, 0.2) is 0 Å². The number of benzene rings is 1. The van der Waals surface area contributed by atoms with Crippen LogP contribution in [0, 0.1) is 5.92 Å². The molecule has 25 heavy (non-hydrogen) atoms. The molecule has 5 nitrogen and oxygen atoms in total. The van der Waals surface area contributed by atoms with E-state index in [1.165, 1.54) is 5.56 Å². The fourth-order valence-electron chi connectivity index (χ4n) is 4.46. The maximum atomic E-state index is 13.2. The molecular formula is C20H26N2O3. The van der Waals surface area contributed by atoms with Gasteiger partial charge < -0.3 is 14.5 Å². The first-order chi connectivity index (χ1) is 12.1. The Balaban J connectivity index is 1.59. The molecule has 2 heterocycles. The molecule has 1 aromatic carbocycles. The molecule has 0 aromatic heterocycles. The summed E-state index contributed by atoms with van der Waals surface area (Å²) in [6.45, 7) is 2.60. The number of Topliss-reactive ketones (excluding diaryl/α,β-unsaturated/α-hetero) is 1. The van der Waals surface area contributed by atoms with E-state index in [4.69, 9.17) is 4.74 Å². The molecule has 0 N–H and O–H groups in total. The second-order valence-corrected chi connectivity index (χ2v) is 7.47. The van der Waals surface area contributed by atoms with Crippen molar-refractivity contribution in [1.29, 1.82) is 0 Å². The van der Waals surface area contributed by atoms with Crippen molar-refractivity contribution in [3.63, 3.8) is 0 Å². The molecule has 2 fully saturated rings. The number of hydrogen-bond donors (Lipinski definition) is 0. The highest BCUT2D eigenvalue weighted by molar-refractivity contribution is 5.96. The van der Waals surface area contributed by atoms with Crippen molar-refractivity contribution >= 4 is 17.4 Å². The van der Waals surface area contributed by atoms with E-state index in [2.05, 4.69) is 18.0 Å². The number of fused-ring (bicyclic) bond motifs is 1. The summed E-state index contributed by atoms with van der Waals surface area (Å²) in [6.07, 6.45) is 4.61. The zero-order valence-corrected chi connectivity index (χ0v) is 14.9. The van der Waals surface area contributed by atoms with E-state index < -0.39 is 0 Å². The lowest BCUT2D eigenvalue weighted by atomic mass is 9.82. The van der Waals surface area contributed by atoms with Crippen molar-refractivity contribution in [3.8, 4) is 0 Å². The van der Waals surface area contributed by atoms with Crippen LogP contribution in [0.1, 0.15) is 41.6 Å². The maximum absolute atomic E-state index is 13.2. The molecule has 1 aromatic rings. The van der Waals surface area contributed by atoms with Crippen LogP contribution in [0.25, 0.3) is 0 Å². The van der Waals surface area contributed by atoms with Gasteiger partial charge in [0.1, 0.15) is 5.78 Å². The molecule has 0 unspecified atom stereocenters. The Labute approximate surface area is 148 Å². The quantitative estimate of drug-likeness (QED) is 0.827. The second kappa shape index (κ2) is 6.79. The molecule has 4 rings (SSSR count). The van der Waals surface area contributed by atoms with Gasteiger partial charge in [-0.1, -0.05) is 12.5 Å². The summed E-state index contributed by atoms with van der Waals surface area (Å²) in [5.41, 5.74) is 3.19. The van der Waals surface area contributed by atoms with Gasteiger partial charge in [-0.3, -0.25) is 9.59 Å². The Kier molecular flexibility index (Phi) is 4.50. The van der Waals surface area contributed by atoms with E-state index in [9.17, 15) is 9.59 Å². The molecule has 0 bridgehead atoms. The molecule has 3 aliphatic rings. The first kappa shape index (κ1) is 16.6. The monoisotopic (exact) mass is 342 g/mol. The first-order valence-corrected chi connectivity index (χ1v) is 9.40. The number of carbonyl (C=O) groups excluding carboxylic acids is 2. The standard InChI is InChI=1S/C20H26N2O3/c1-21-9-8-14-6-7-15(12-17(14)21)20(24)22-10-11-25-13-18(22)16-4-2-3-5-19(16)23/h6-7,12,16,18H,2-5,8-11,13H2,1H3/t16-,18+/m1/s1. The Bertz CT molecular complexity index is 688. The predicted molar refractivity (Wildman–Crippen MR) is 96.0 cm³/mol. The van der Waals surface area contributed by atoms with Gasteiger partial charge in [0.25, 0.3) is 5.91 Å². The highest BCUT2D eigenvalue weighted by Crippen LogP contribution is 2.31. The lowest BCUT2D eigenvalue weighted by molar-refractivity contribution is -0.129. The van der Waals surface area contributed by atoms with Crippen molar-refractivity contribution in [1.82, 2.24) is 4.90 Å². The van der Waals surface area contributed by atoms with Crippen LogP contribution in [0.15, 0.2) is 18.2 Å². The van der Waals surface area contributed by atoms with Crippen LogP contribution >= 0.6 is 0 Å². The molecule has 134 valence electrons. The van der Waals surface area contributed by atoms with Crippen LogP contribution in [-0.4, -0.2) is 56.0 Å². The summed E-state index contributed by atoms with van der Waals surface area (Å²) in [7, 11) is 2.07. The molecule has 1 saturated carbocycles. The van der Waals surface area contributed by atoms with E-state index in [0.29, 0.717) is 32.0 Å². The van der Waals surface area contributed by atoms with Gasteiger partial charge in [-0.2, -0.15) is 0 Å². The van der Waals surface area contributed by atoms with E-state index >= 15 is 0 Å². The Morgan fingerprint density at radius 3 is 2.92 bits per heavy atom. The van der Waals surface area contributed by atoms with Crippen molar-refractivity contribution in [2.45, 2.75) is 38.1 Å². The SMILES string of the molecule is CN1CCc2ccc(C(=O)N3CCOC[C@H]3[C@H]3CCCCC3=O)cc21. The number of morpholine rings is 1.